The van der Waals surface area contributed by atoms with Gasteiger partial charge in [-0.05, 0) is 93.4 Å². The monoisotopic (exact) mass is 1210 g/mol. The first-order valence-corrected chi connectivity index (χ1v) is 19.1. The molecule has 1 saturated carbocycles. The van der Waals surface area contributed by atoms with E-state index in [9.17, 15) is 59.7 Å². The van der Waals surface area contributed by atoms with Crippen LogP contribution in [-0.4, -0.2) is 257 Å². The minimum absolute atomic E-state index is 0. The molecule has 4 aliphatic rings. The number of carbonyl (C=O) groups excluding carboxylic acids is 4. The Morgan fingerprint density at radius 2 is 1.21 bits per heavy atom. The van der Waals surface area contributed by atoms with Gasteiger partial charge in [0.2, 0.25) is 18.0 Å². The van der Waals surface area contributed by atoms with Crippen molar-refractivity contribution >= 4 is 46.5 Å². The van der Waals surface area contributed by atoms with Gasteiger partial charge in [-0.25, -0.2) is 4.79 Å². The summed E-state index contributed by atoms with van der Waals surface area (Å²) in [6.45, 7) is 5.23. The molecule has 37 heteroatoms. The summed E-state index contributed by atoms with van der Waals surface area (Å²) in [5.74, 6) is -10.6. The lowest BCUT2D eigenvalue weighted by Crippen LogP contribution is -2.65. The third kappa shape index (κ3) is 24.8. The Hall–Kier alpha value is -5.35. The molecule has 1 heterocycles. The molecule has 0 radical (unpaired) electrons. The number of carboxylic acid groups (broad SMARTS) is 1. The number of carboxylic acids is 1. The Morgan fingerprint density at radius 1 is 0.787 bits per heavy atom. The third-order valence-corrected chi connectivity index (χ3v) is 10.3. The van der Waals surface area contributed by atoms with Gasteiger partial charge in [0.15, 0.2) is 23.2 Å². The highest BCUT2D eigenvalue weighted by Crippen LogP contribution is 2.55. The predicted molar refractivity (Wildman–Crippen MR) is 310 cm³/mol. The number of nitrogens with two attached hydrogens (primary N) is 1. The maximum Gasteiger partial charge on any atom is 0.335 e. The lowest BCUT2D eigenvalue weighted by molar-refractivity contribution is -0.271. The van der Waals surface area contributed by atoms with Crippen molar-refractivity contribution in [2.24, 2.45) is 17.6 Å². The van der Waals surface area contributed by atoms with Crippen LogP contribution < -0.4 is 48.9 Å². The van der Waals surface area contributed by atoms with E-state index in [1.54, 1.807) is 19.0 Å². The lowest BCUT2D eigenvalue weighted by Gasteiger charge is -2.50. The fraction of sp³-hybridized carbons (Fsp3) is 0.651. The van der Waals surface area contributed by atoms with Gasteiger partial charge in [0.1, 0.15) is 35.4 Å². The molecule has 37 nitrogen and oxygen atoms in total. The van der Waals surface area contributed by atoms with Crippen molar-refractivity contribution in [2.45, 2.75) is 111 Å². The van der Waals surface area contributed by atoms with Gasteiger partial charge in [0.25, 0.3) is 5.91 Å². The number of ether oxygens (including phenoxy) is 2. The van der Waals surface area contributed by atoms with Crippen LogP contribution in [0.1, 0.15) is 70.9 Å². The second-order valence-corrected chi connectivity index (χ2v) is 16.5. The van der Waals surface area contributed by atoms with Crippen LogP contribution in [0.25, 0.3) is 5.76 Å². The van der Waals surface area contributed by atoms with Crippen molar-refractivity contribution in [2.75, 3.05) is 73.1 Å². The third-order valence-electron chi connectivity index (χ3n) is 10.3. The normalized spacial score (nSPS) is 21.4. The van der Waals surface area contributed by atoms with Gasteiger partial charge in [0, 0.05) is 39.7 Å². The van der Waals surface area contributed by atoms with Gasteiger partial charge in [-0.2, -0.15) is 0 Å². The Balaban J connectivity index is -0.0000000731. The summed E-state index contributed by atoms with van der Waals surface area (Å²) in [7, 11) is 13.8. The number of anilines is 2. The Kier molecular flexibility index (Phi) is 78.0. The molecule has 5 rings (SSSR count). The number of aliphatic carboxylic acids is 1. The van der Waals surface area contributed by atoms with E-state index in [-0.39, 0.29) is 152 Å². The van der Waals surface area contributed by atoms with Crippen LogP contribution in [0.15, 0.2) is 23.0 Å². The summed E-state index contributed by atoms with van der Waals surface area (Å²) in [4.78, 5) is 68.7. The zero-order valence-electron chi connectivity index (χ0n) is 44.2. The van der Waals surface area contributed by atoms with E-state index in [1.165, 1.54) is 25.1 Å². The minimum atomic E-state index is -2.90. The Morgan fingerprint density at radius 3 is 1.57 bits per heavy atom. The first-order chi connectivity index (χ1) is 27.8. The van der Waals surface area contributed by atoms with Gasteiger partial charge in [-0.3, -0.25) is 24.1 Å². The van der Waals surface area contributed by atoms with Gasteiger partial charge >= 0.3 is 5.97 Å². The molecule has 47 N–H and O–H groups in total. The second-order valence-electron chi connectivity index (χ2n) is 16.5. The average molecular weight is 1210 g/mol. The quantitative estimate of drug-likeness (QED) is 0.102. The summed E-state index contributed by atoms with van der Waals surface area (Å²) in [6.07, 6.45) is -10.6. The molecule has 1 aromatic rings. The SMILES string of the molecule is C.C.C.C.CN(C)c1cc(NC(=O)CNC(C)(C)C)c(O[C@@H]2O[C@H](C(=O)O)[C@@H](O)[C@H](O)[C@H]2O)c2c1C[C@H]1C[C@H]3[C@H](N(C)C)C(=O)C(C(N)=O)=C(O)[C@@]3(O)C(=O)C1=C2O.CNC.CNC.N.N.O.O.O.O.O.O.O.O.O.O.O.O.O.O.[HH].[HH]. The highest BCUT2D eigenvalue weighted by Gasteiger charge is 2.64. The molecule has 0 unspecified atom stereocenters. The number of aliphatic hydroxyl groups is 6. The number of primary amides is 1. The highest BCUT2D eigenvalue weighted by atomic mass is 16.7. The molecule has 500 valence electrons. The summed E-state index contributed by atoms with van der Waals surface area (Å²) in [5, 5.41) is 88.0. The number of nitrogens with zero attached hydrogens (tertiary/aromatic N) is 2. The second kappa shape index (κ2) is 49.5. The minimum Gasteiger partial charge on any atom is -0.508 e. The van der Waals surface area contributed by atoms with Gasteiger partial charge in [-0.15, -0.1) is 0 Å². The number of likely N-dealkylation sites (N-methyl/N-ethyl adjacent to an activating group) is 1. The number of benzene rings is 1. The molecule has 0 aromatic heterocycles. The number of rotatable bonds is 9. The van der Waals surface area contributed by atoms with E-state index < -0.39 is 117 Å². The van der Waals surface area contributed by atoms with E-state index in [4.69, 9.17) is 15.2 Å². The van der Waals surface area contributed by atoms with Crippen molar-refractivity contribution in [1.29, 1.82) is 0 Å². The fourth-order valence-corrected chi connectivity index (χ4v) is 7.70. The molecule has 1 aliphatic heterocycles. The molecule has 0 bridgehead atoms. The van der Waals surface area contributed by atoms with Gasteiger partial charge in [-0.1, -0.05) is 29.7 Å². The van der Waals surface area contributed by atoms with Crippen LogP contribution in [0, 0.1) is 11.8 Å². The molecule has 2 fully saturated rings. The number of aliphatic hydroxyl groups excluding tert-OH is 5. The number of ketones is 2. The topological polar surface area (TPSA) is 837 Å². The number of carbonyl (C=O) groups is 5. The van der Waals surface area contributed by atoms with Gasteiger partial charge in [0.05, 0.1) is 23.8 Å². The van der Waals surface area contributed by atoms with E-state index in [1.807, 2.05) is 49.0 Å². The molecular weight excluding hydrogens is 1090 g/mol. The zero-order valence-corrected chi connectivity index (χ0v) is 44.2. The van der Waals surface area contributed by atoms with Crippen LogP contribution in [0.4, 0.5) is 11.4 Å². The van der Waals surface area contributed by atoms with Crippen molar-refractivity contribution in [3.63, 3.8) is 0 Å². The van der Waals surface area contributed by atoms with E-state index >= 15 is 0 Å². The molecular formula is C43H115N9O28. The Labute approximate surface area is 469 Å². The van der Waals surface area contributed by atoms with Crippen LogP contribution in [0.3, 0.4) is 0 Å². The number of hydrogen-bond acceptors (Lipinski definition) is 20. The van der Waals surface area contributed by atoms with Crippen molar-refractivity contribution in [3.05, 3.63) is 34.1 Å². The number of Topliss-reactive ketones (excluding diaryl/α,β-unsaturated/α-hetero) is 2. The molecule has 1 saturated heterocycles. The van der Waals surface area contributed by atoms with Crippen LogP contribution in [-0.2, 0) is 35.1 Å². The lowest BCUT2D eigenvalue weighted by atomic mass is 9.57. The maximum absolute atomic E-state index is 14.5. The van der Waals surface area contributed by atoms with Crippen molar-refractivity contribution in [1.82, 2.24) is 33.2 Å². The molecule has 9 atom stereocenters. The predicted octanol–water partition coefficient (Wildman–Crippen LogP) is -10.6. The van der Waals surface area contributed by atoms with Gasteiger partial charge < -0.3 is 166 Å². The van der Waals surface area contributed by atoms with Crippen molar-refractivity contribution < 1.29 is 149 Å². The zero-order chi connectivity index (χ0) is 45.9. The number of fused-ring (bicyclic) bond motifs is 3. The highest BCUT2D eigenvalue weighted by molar-refractivity contribution is 6.24. The number of nitrogens with one attached hydrogen (secondary N) is 4. The molecule has 80 heavy (non-hydrogen) atoms. The number of hydrogen-bond donors (Lipinski definition) is 14. The van der Waals surface area contributed by atoms with Crippen LogP contribution in [0.2, 0.25) is 0 Å². The van der Waals surface area contributed by atoms with Crippen LogP contribution >= 0.6 is 0 Å². The molecule has 3 aliphatic carbocycles. The first kappa shape index (κ1) is 126. The first-order valence-electron chi connectivity index (χ1n) is 19.1. The fourth-order valence-electron chi connectivity index (χ4n) is 7.70. The van der Waals surface area contributed by atoms with E-state index in [0.29, 0.717) is 11.3 Å². The molecule has 2 amide bonds. The van der Waals surface area contributed by atoms with E-state index in [0.717, 1.165) is 0 Å². The van der Waals surface area contributed by atoms with E-state index in [2.05, 4.69) is 21.3 Å². The summed E-state index contributed by atoms with van der Waals surface area (Å²) < 4.78 is 11.4. The van der Waals surface area contributed by atoms with Crippen molar-refractivity contribution in [3.8, 4) is 5.75 Å². The summed E-state index contributed by atoms with van der Waals surface area (Å²) in [5.41, 5.74) is 0.901. The average Bonchev–Trinajstić information content (AvgIpc) is 3.13. The number of amides is 2. The molecule has 0 spiro atoms. The summed E-state index contributed by atoms with van der Waals surface area (Å²) >= 11 is 0. The molecule has 1 aromatic carbocycles. The summed E-state index contributed by atoms with van der Waals surface area (Å²) in [6, 6.07) is 0.181. The van der Waals surface area contributed by atoms with Crippen LogP contribution in [0.5, 0.6) is 5.75 Å². The largest absolute Gasteiger partial charge is 0.508 e. The smallest absolute Gasteiger partial charge is 0.335 e. The maximum atomic E-state index is 14.5. The Bertz CT molecular complexity index is 1940. The standard InChI is InChI=1S/C35H47N5O14.2C2H7N.4CH4.2H3N.14H2O.2H2/c1-34(2,3)37-11-17(41)38-15-10-16(39(4)5)13-8-12-9-14-21(40(6)7)23(43)20(31(36)49)30(48)35(14,52)29(47)18(12)22(42)19(13)27(15)53-33-26(46)24(44)25(45)28(54-33)32(50)51;2*1-3-2;;;;;;;;;;;;;;;;;;;;;;/h10,12,14,21,24-26,28,33,37,42,44-46,48,52H,8-9,11H2,1-7H3,(H2,36,49)(H,38,41)(H,50,51);2*3H,1-2H3;4*1H4;2*1H3;14*1H2;2*1H/t12-,14-,21-,24-,25-,26+,28-,33+,35-;;;;;;;;;;;;;;;;;;;;;;;;/m0......................../s1.